The summed E-state index contributed by atoms with van der Waals surface area (Å²) in [5.74, 6) is 0.625. The number of hydrogen-bond acceptors (Lipinski definition) is 5. The van der Waals surface area contributed by atoms with E-state index in [4.69, 9.17) is 9.47 Å². The summed E-state index contributed by atoms with van der Waals surface area (Å²) in [5, 5.41) is 8.66. The van der Waals surface area contributed by atoms with Crippen molar-refractivity contribution in [2.75, 3.05) is 46.0 Å². The molecule has 1 unspecified atom stereocenters. The molecule has 0 bridgehead atoms. The zero-order valence-electron chi connectivity index (χ0n) is 17.5. The molecule has 3 heterocycles. The minimum absolute atomic E-state index is 0.0277. The highest BCUT2D eigenvalue weighted by molar-refractivity contribution is 6.05. The number of aromatic nitrogens is 2. The van der Waals surface area contributed by atoms with Crippen molar-refractivity contribution in [2.45, 2.75) is 38.8 Å². The number of benzene rings is 1. The molecule has 29 heavy (non-hydrogen) atoms. The van der Waals surface area contributed by atoms with E-state index in [0.29, 0.717) is 18.0 Å². The first-order valence-electron chi connectivity index (χ1n) is 10.8. The zero-order chi connectivity index (χ0) is 20.2. The second-order valence-corrected chi connectivity index (χ2v) is 8.46. The molecule has 1 atom stereocenters. The first kappa shape index (κ1) is 20.3. The van der Waals surface area contributed by atoms with E-state index in [-0.39, 0.29) is 18.1 Å². The van der Waals surface area contributed by atoms with Crippen LogP contribution >= 0.6 is 0 Å². The van der Waals surface area contributed by atoms with Crippen LogP contribution in [0.3, 0.4) is 0 Å². The molecule has 158 valence electrons. The van der Waals surface area contributed by atoms with E-state index < -0.39 is 0 Å². The largest absolute Gasteiger partial charge is 0.381 e. The fourth-order valence-electron chi connectivity index (χ4n) is 4.18. The van der Waals surface area contributed by atoms with Crippen molar-refractivity contribution in [1.82, 2.24) is 20.0 Å². The highest BCUT2D eigenvalue weighted by Crippen LogP contribution is 2.20. The van der Waals surface area contributed by atoms with Crippen LogP contribution in [-0.2, 0) is 9.47 Å². The van der Waals surface area contributed by atoms with E-state index in [9.17, 15) is 4.79 Å². The van der Waals surface area contributed by atoms with Gasteiger partial charge in [-0.1, -0.05) is 12.1 Å². The van der Waals surface area contributed by atoms with Crippen molar-refractivity contribution in [3.63, 3.8) is 0 Å². The molecule has 0 radical (unpaired) electrons. The maximum Gasteiger partial charge on any atom is 0.253 e. The van der Waals surface area contributed by atoms with Gasteiger partial charge >= 0.3 is 0 Å². The minimum atomic E-state index is -0.0882. The van der Waals surface area contributed by atoms with Crippen molar-refractivity contribution in [3.8, 4) is 0 Å². The summed E-state index contributed by atoms with van der Waals surface area (Å²) in [4.78, 5) is 15.3. The minimum Gasteiger partial charge on any atom is -0.381 e. The van der Waals surface area contributed by atoms with Crippen LogP contribution in [0.1, 0.15) is 43.1 Å². The fourth-order valence-corrected chi connectivity index (χ4v) is 4.18. The standard InChI is InChI=1S/C22H32N4O3/c1-16(2)26-14-18-4-3-5-20(21(18)24-26)22(27)23-12-19-15-25(8-11-29-19)13-17-6-9-28-10-7-17/h3-5,14,16-17,19H,6-13,15H2,1-2H3,(H,23,27). The number of ether oxygens (including phenoxy) is 2. The summed E-state index contributed by atoms with van der Waals surface area (Å²) in [7, 11) is 0. The van der Waals surface area contributed by atoms with Gasteiger partial charge in [-0.25, -0.2) is 0 Å². The molecule has 7 heteroatoms. The maximum atomic E-state index is 12.8. The molecule has 4 rings (SSSR count). The molecule has 7 nitrogen and oxygen atoms in total. The summed E-state index contributed by atoms with van der Waals surface area (Å²) in [6, 6.07) is 6.01. The average molecular weight is 401 g/mol. The Bertz CT molecular complexity index is 829. The van der Waals surface area contributed by atoms with Gasteiger partial charge in [0.15, 0.2) is 0 Å². The number of rotatable bonds is 6. The van der Waals surface area contributed by atoms with Crippen LogP contribution in [0, 0.1) is 5.92 Å². The molecule has 2 aliphatic heterocycles. The van der Waals surface area contributed by atoms with Crippen molar-refractivity contribution >= 4 is 16.8 Å². The lowest BCUT2D eigenvalue weighted by Gasteiger charge is -2.36. The molecule has 2 aromatic rings. The fraction of sp³-hybridized carbons (Fsp3) is 0.636. The van der Waals surface area contributed by atoms with Gasteiger partial charge in [-0.15, -0.1) is 0 Å². The number of morpholine rings is 1. The number of fused-ring (bicyclic) bond motifs is 1. The molecular weight excluding hydrogens is 368 g/mol. The number of carbonyl (C=O) groups is 1. The number of hydrogen-bond donors (Lipinski definition) is 1. The normalized spacial score (nSPS) is 21.7. The second kappa shape index (κ2) is 9.24. The van der Waals surface area contributed by atoms with E-state index in [2.05, 4.69) is 29.2 Å². The van der Waals surface area contributed by atoms with Gasteiger partial charge < -0.3 is 14.8 Å². The summed E-state index contributed by atoms with van der Waals surface area (Å²) < 4.78 is 13.3. The number of nitrogens with one attached hydrogen (secondary N) is 1. The molecular formula is C22H32N4O3. The number of amides is 1. The Balaban J connectivity index is 1.34. The predicted molar refractivity (Wildman–Crippen MR) is 112 cm³/mol. The van der Waals surface area contributed by atoms with E-state index in [0.717, 1.165) is 63.2 Å². The van der Waals surface area contributed by atoms with Gasteiger partial charge in [-0.05, 0) is 38.7 Å². The molecule has 2 fully saturated rings. The van der Waals surface area contributed by atoms with Gasteiger partial charge in [0.1, 0.15) is 5.52 Å². The molecule has 1 N–H and O–H groups in total. The van der Waals surface area contributed by atoms with Crippen molar-refractivity contribution < 1.29 is 14.3 Å². The van der Waals surface area contributed by atoms with Crippen LogP contribution in [-0.4, -0.2) is 72.7 Å². The van der Waals surface area contributed by atoms with Gasteiger partial charge in [0.05, 0.1) is 18.3 Å². The number of carbonyl (C=O) groups excluding carboxylic acids is 1. The van der Waals surface area contributed by atoms with Crippen molar-refractivity contribution in [2.24, 2.45) is 5.92 Å². The molecule has 1 amide bonds. The Morgan fingerprint density at radius 3 is 2.90 bits per heavy atom. The summed E-state index contributed by atoms with van der Waals surface area (Å²) in [5.41, 5.74) is 1.38. The first-order chi connectivity index (χ1) is 14.1. The van der Waals surface area contributed by atoms with E-state index in [1.807, 2.05) is 29.1 Å². The highest BCUT2D eigenvalue weighted by Gasteiger charge is 2.25. The van der Waals surface area contributed by atoms with Crippen LogP contribution in [0.15, 0.2) is 24.4 Å². The van der Waals surface area contributed by atoms with Gasteiger partial charge in [0.25, 0.3) is 5.91 Å². The van der Waals surface area contributed by atoms with Gasteiger partial charge in [0.2, 0.25) is 0 Å². The summed E-state index contributed by atoms with van der Waals surface area (Å²) in [6.07, 6.45) is 4.31. The summed E-state index contributed by atoms with van der Waals surface area (Å²) in [6.45, 7) is 10.1. The van der Waals surface area contributed by atoms with Crippen LogP contribution in [0.2, 0.25) is 0 Å². The molecule has 2 saturated heterocycles. The molecule has 2 aliphatic rings. The Morgan fingerprint density at radius 2 is 2.10 bits per heavy atom. The van der Waals surface area contributed by atoms with E-state index in [1.165, 1.54) is 0 Å². The third kappa shape index (κ3) is 4.97. The van der Waals surface area contributed by atoms with E-state index >= 15 is 0 Å². The SMILES string of the molecule is CC(C)n1cc2cccc(C(=O)NCC3CN(CC4CCOCC4)CCO3)c2n1. The Kier molecular flexibility index (Phi) is 6.47. The maximum absolute atomic E-state index is 12.8. The van der Waals surface area contributed by atoms with Gasteiger partial charge in [0, 0.05) is 57.0 Å². The smallest absolute Gasteiger partial charge is 0.253 e. The zero-order valence-corrected chi connectivity index (χ0v) is 17.5. The summed E-state index contributed by atoms with van der Waals surface area (Å²) >= 11 is 0. The monoisotopic (exact) mass is 400 g/mol. The van der Waals surface area contributed by atoms with Crippen LogP contribution in [0.4, 0.5) is 0 Å². The van der Waals surface area contributed by atoms with Crippen LogP contribution < -0.4 is 5.32 Å². The quantitative estimate of drug-likeness (QED) is 0.807. The van der Waals surface area contributed by atoms with Crippen LogP contribution in [0.25, 0.3) is 10.9 Å². The molecule has 1 aromatic heterocycles. The Labute approximate surface area is 172 Å². The third-order valence-corrected chi connectivity index (χ3v) is 5.90. The predicted octanol–water partition coefficient (Wildman–Crippen LogP) is 2.47. The van der Waals surface area contributed by atoms with Gasteiger partial charge in [-0.3, -0.25) is 14.4 Å². The lowest BCUT2D eigenvalue weighted by molar-refractivity contribution is -0.0376. The molecule has 0 saturated carbocycles. The van der Waals surface area contributed by atoms with E-state index in [1.54, 1.807) is 0 Å². The lowest BCUT2D eigenvalue weighted by atomic mass is 9.99. The molecule has 1 aromatic carbocycles. The lowest BCUT2D eigenvalue weighted by Crippen LogP contribution is -2.49. The third-order valence-electron chi connectivity index (χ3n) is 5.90. The Morgan fingerprint density at radius 1 is 1.28 bits per heavy atom. The molecule has 0 spiro atoms. The highest BCUT2D eigenvalue weighted by atomic mass is 16.5. The number of nitrogens with zero attached hydrogens (tertiary/aromatic N) is 3. The van der Waals surface area contributed by atoms with Crippen molar-refractivity contribution in [3.05, 3.63) is 30.0 Å². The first-order valence-corrected chi connectivity index (χ1v) is 10.8. The van der Waals surface area contributed by atoms with Crippen LogP contribution in [0.5, 0.6) is 0 Å². The Hall–Kier alpha value is -1.96. The van der Waals surface area contributed by atoms with Crippen molar-refractivity contribution in [1.29, 1.82) is 0 Å². The topological polar surface area (TPSA) is 68.6 Å². The molecule has 0 aliphatic carbocycles. The second-order valence-electron chi connectivity index (χ2n) is 8.46. The van der Waals surface area contributed by atoms with Gasteiger partial charge in [-0.2, -0.15) is 5.10 Å². The average Bonchev–Trinajstić information content (AvgIpc) is 3.18.